The quantitative estimate of drug-likeness (QED) is 0.748. The molecule has 1 saturated carbocycles. The van der Waals surface area contributed by atoms with E-state index in [-0.39, 0.29) is 23.7 Å². The first-order chi connectivity index (χ1) is 12.5. The third-order valence-electron chi connectivity index (χ3n) is 5.11. The maximum absolute atomic E-state index is 14.0. The summed E-state index contributed by atoms with van der Waals surface area (Å²) in [6, 6.07) is 4.74. The van der Waals surface area contributed by atoms with Crippen LogP contribution in [0.2, 0.25) is 0 Å². The minimum Gasteiger partial charge on any atom is -0.350 e. The zero-order chi connectivity index (χ0) is 18.3. The van der Waals surface area contributed by atoms with E-state index in [1.165, 1.54) is 6.07 Å². The molecule has 2 aromatic heterocycles. The number of nitrogens with one attached hydrogen (secondary N) is 2. The van der Waals surface area contributed by atoms with Crippen molar-refractivity contribution in [3.8, 4) is 0 Å². The van der Waals surface area contributed by atoms with Crippen LogP contribution in [0.1, 0.15) is 59.4 Å². The molecule has 4 rings (SSSR count). The summed E-state index contributed by atoms with van der Waals surface area (Å²) in [7, 11) is 0. The molecule has 1 aliphatic rings. The molecule has 1 amide bonds. The lowest BCUT2D eigenvalue weighted by Gasteiger charge is -2.27. The highest BCUT2D eigenvalue weighted by Crippen LogP contribution is 2.31. The predicted molar refractivity (Wildman–Crippen MR) is 94.5 cm³/mol. The number of carbonyl (C=O) groups excluding carboxylic acids is 1. The van der Waals surface area contributed by atoms with Crippen LogP contribution in [-0.4, -0.2) is 27.1 Å². The third kappa shape index (κ3) is 3.09. The normalized spacial score (nSPS) is 20.4. The summed E-state index contributed by atoms with van der Waals surface area (Å²) in [4.78, 5) is 20.0. The molecule has 0 bridgehead atoms. The molecule has 1 aromatic carbocycles. The van der Waals surface area contributed by atoms with Gasteiger partial charge in [-0.3, -0.25) is 4.79 Å². The molecule has 136 valence electrons. The molecule has 0 saturated heterocycles. The van der Waals surface area contributed by atoms with Crippen molar-refractivity contribution in [3.63, 3.8) is 0 Å². The van der Waals surface area contributed by atoms with E-state index in [0.29, 0.717) is 28.3 Å². The van der Waals surface area contributed by atoms with Crippen LogP contribution in [-0.2, 0) is 0 Å². The minimum atomic E-state index is -0.328. The number of carbonyl (C=O) groups is 1. The van der Waals surface area contributed by atoms with Crippen molar-refractivity contribution in [2.75, 3.05) is 0 Å². The third-order valence-corrected chi connectivity index (χ3v) is 5.11. The van der Waals surface area contributed by atoms with E-state index >= 15 is 0 Å². The van der Waals surface area contributed by atoms with E-state index in [2.05, 4.69) is 20.4 Å². The average Bonchev–Trinajstić information content (AvgIpc) is 3.26. The van der Waals surface area contributed by atoms with Gasteiger partial charge < -0.3 is 14.8 Å². The van der Waals surface area contributed by atoms with Crippen LogP contribution in [0.4, 0.5) is 4.39 Å². The summed E-state index contributed by atoms with van der Waals surface area (Å²) >= 11 is 0. The Morgan fingerprint density at radius 2 is 2.19 bits per heavy atom. The number of aromatic amines is 1. The van der Waals surface area contributed by atoms with Gasteiger partial charge in [0.25, 0.3) is 5.91 Å². The largest absolute Gasteiger partial charge is 0.350 e. The monoisotopic (exact) mass is 356 g/mol. The maximum atomic E-state index is 14.0. The van der Waals surface area contributed by atoms with Crippen LogP contribution in [0.3, 0.4) is 0 Å². The average molecular weight is 356 g/mol. The number of H-pyrrole nitrogens is 1. The Labute approximate surface area is 150 Å². The van der Waals surface area contributed by atoms with Gasteiger partial charge in [-0.05, 0) is 43.9 Å². The number of halogens is 1. The van der Waals surface area contributed by atoms with Crippen LogP contribution in [0, 0.1) is 19.7 Å². The fourth-order valence-electron chi connectivity index (χ4n) is 3.75. The molecule has 2 heterocycles. The van der Waals surface area contributed by atoms with E-state index in [9.17, 15) is 9.18 Å². The number of fused-ring (bicyclic) bond motifs is 1. The highest BCUT2D eigenvalue weighted by Gasteiger charge is 2.28. The molecule has 6 nitrogen and oxygen atoms in total. The lowest BCUT2D eigenvalue weighted by atomic mass is 9.85. The van der Waals surface area contributed by atoms with Gasteiger partial charge in [0.05, 0.1) is 5.52 Å². The van der Waals surface area contributed by atoms with Crippen molar-refractivity contribution < 1.29 is 13.7 Å². The van der Waals surface area contributed by atoms with E-state index in [4.69, 9.17) is 4.52 Å². The molecule has 0 radical (unpaired) electrons. The van der Waals surface area contributed by atoms with E-state index in [1.54, 1.807) is 19.1 Å². The van der Waals surface area contributed by atoms with Crippen LogP contribution < -0.4 is 5.32 Å². The summed E-state index contributed by atoms with van der Waals surface area (Å²) in [6.45, 7) is 3.66. The highest BCUT2D eigenvalue weighted by molar-refractivity contribution is 5.99. The molecule has 26 heavy (non-hydrogen) atoms. The molecular formula is C19H21FN4O2. The Morgan fingerprint density at radius 1 is 1.35 bits per heavy atom. The van der Waals surface area contributed by atoms with E-state index in [1.807, 2.05) is 6.92 Å². The second-order valence-electron chi connectivity index (χ2n) is 7.04. The minimum absolute atomic E-state index is 0.0393. The van der Waals surface area contributed by atoms with Crippen molar-refractivity contribution in [3.05, 3.63) is 47.0 Å². The van der Waals surface area contributed by atoms with Gasteiger partial charge in [0.1, 0.15) is 11.5 Å². The number of aromatic nitrogens is 3. The predicted octanol–water partition coefficient (Wildman–Crippen LogP) is 3.76. The number of aryl methyl sites for hydroxylation is 2. The number of amides is 1. The molecule has 3 aromatic rings. The second kappa shape index (κ2) is 6.55. The Balaban J connectivity index is 1.49. The Morgan fingerprint density at radius 3 is 2.92 bits per heavy atom. The maximum Gasteiger partial charge on any atom is 0.267 e. The zero-order valence-electron chi connectivity index (χ0n) is 14.8. The first kappa shape index (κ1) is 16.8. The summed E-state index contributed by atoms with van der Waals surface area (Å²) in [6.07, 6.45) is 3.66. The number of hydrogen-bond acceptors (Lipinski definition) is 4. The van der Waals surface area contributed by atoms with Crippen molar-refractivity contribution in [1.82, 2.24) is 20.4 Å². The Bertz CT molecular complexity index is 923. The number of hydrogen-bond donors (Lipinski definition) is 2. The Kier molecular flexibility index (Phi) is 4.22. The van der Waals surface area contributed by atoms with Gasteiger partial charge in [-0.15, -0.1) is 0 Å². The standard InChI is InChI=1S/C19H21FN4O2/c1-10-6-7-15(20)14-9-16(23-17(10)14)19(25)22-13-5-3-4-12(8-13)18-21-11(2)26-24-18/h6-7,9,12-13,23H,3-5,8H2,1-2H3,(H,22,25)/t12-,13+/m0/s1. The van der Waals surface area contributed by atoms with Crippen molar-refractivity contribution in [2.24, 2.45) is 0 Å². The van der Waals surface area contributed by atoms with Crippen LogP contribution in [0.25, 0.3) is 10.9 Å². The first-order valence-electron chi connectivity index (χ1n) is 8.90. The summed E-state index contributed by atoms with van der Waals surface area (Å²) in [5, 5.41) is 7.52. The molecule has 1 fully saturated rings. The lowest BCUT2D eigenvalue weighted by molar-refractivity contribution is 0.0920. The van der Waals surface area contributed by atoms with Crippen molar-refractivity contribution in [2.45, 2.75) is 51.5 Å². The highest BCUT2D eigenvalue weighted by atomic mass is 19.1. The van der Waals surface area contributed by atoms with Gasteiger partial charge in [0, 0.05) is 24.3 Å². The van der Waals surface area contributed by atoms with Crippen LogP contribution in [0.15, 0.2) is 22.7 Å². The molecule has 0 spiro atoms. The summed E-state index contributed by atoms with van der Waals surface area (Å²) in [5.41, 5.74) is 1.95. The second-order valence-corrected chi connectivity index (χ2v) is 7.04. The molecular weight excluding hydrogens is 335 g/mol. The summed E-state index contributed by atoms with van der Waals surface area (Å²) < 4.78 is 19.0. The molecule has 0 unspecified atom stereocenters. The fraction of sp³-hybridized carbons (Fsp3) is 0.421. The van der Waals surface area contributed by atoms with E-state index in [0.717, 1.165) is 31.2 Å². The molecule has 1 aliphatic carbocycles. The van der Waals surface area contributed by atoms with Gasteiger partial charge in [-0.25, -0.2) is 4.39 Å². The van der Waals surface area contributed by atoms with Gasteiger partial charge >= 0.3 is 0 Å². The topological polar surface area (TPSA) is 83.8 Å². The summed E-state index contributed by atoms with van der Waals surface area (Å²) in [5.74, 6) is 0.918. The van der Waals surface area contributed by atoms with Gasteiger partial charge in [0.2, 0.25) is 5.89 Å². The number of nitrogens with zero attached hydrogens (tertiary/aromatic N) is 2. The lowest BCUT2D eigenvalue weighted by Crippen LogP contribution is -2.38. The van der Waals surface area contributed by atoms with Gasteiger partial charge in [-0.1, -0.05) is 17.6 Å². The smallest absolute Gasteiger partial charge is 0.267 e. The molecule has 2 N–H and O–H groups in total. The van der Waals surface area contributed by atoms with Crippen LogP contribution in [0.5, 0.6) is 0 Å². The Hall–Kier alpha value is -2.70. The van der Waals surface area contributed by atoms with Gasteiger partial charge in [-0.2, -0.15) is 4.98 Å². The molecule has 2 atom stereocenters. The van der Waals surface area contributed by atoms with Gasteiger partial charge in [0.15, 0.2) is 5.82 Å². The van der Waals surface area contributed by atoms with Crippen LogP contribution >= 0.6 is 0 Å². The molecule has 7 heteroatoms. The number of rotatable bonds is 3. The fourth-order valence-corrected chi connectivity index (χ4v) is 3.75. The number of benzene rings is 1. The van der Waals surface area contributed by atoms with Crippen molar-refractivity contribution >= 4 is 16.8 Å². The van der Waals surface area contributed by atoms with E-state index < -0.39 is 0 Å². The van der Waals surface area contributed by atoms with Crippen molar-refractivity contribution in [1.29, 1.82) is 0 Å². The SMILES string of the molecule is Cc1nc([C@H]2CCC[C@@H](NC(=O)c3cc4c(F)ccc(C)c4[nH]3)C2)no1. The first-order valence-corrected chi connectivity index (χ1v) is 8.90. The molecule has 0 aliphatic heterocycles. The zero-order valence-corrected chi connectivity index (χ0v) is 14.8.